The van der Waals surface area contributed by atoms with E-state index in [4.69, 9.17) is 9.26 Å². The molecular weight excluding hydrogens is 324 g/mol. The van der Waals surface area contributed by atoms with Crippen molar-refractivity contribution in [3.05, 3.63) is 70.1 Å². The normalized spacial score (nSPS) is 10.6. The fourth-order valence-electron chi connectivity index (χ4n) is 1.92. The summed E-state index contributed by atoms with van der Waals surface area (Å²) >= 11 is 0. The molecule has 0 spiro atoms. The van der Waals surface area contributed by atoms with Crippen LogP contribution in [0.4, 0.5) is 14.5 Å². The molecule has 7 nitrogen and oxygen atoms in total. The van der Waals surface area contributed by atoms with E-state index in [0.717, 1.165) is 18.2 Å². The standard InChI is InChI=1S/C15H9F2N3O4/c16-10-3-1-9(2-4-10)15-18-14(24-19-15)8-23-13-7-11(17)5-6-12(13)20(21)22/h1-7H,8H2. The molecule has 9 heteroatoms. The molecule has 0 amide bonds. The topological polar surface area (TPSA) is 91.3 Å². The molecule has 0 radical (unpaired) electrons. The molecule has 1 heterocycles. The van der Waals surface area contributed by atoms with Crippen LogP contribution in [0.1, 0.15) is 5.89 Å². The van der Waals surface area contributed by atoms with Crippen molar-refractivity contribution in [3.8, 4) is 17.1 Å². The van der Waals surface area contributed by atoms with Crippen molar-refractivity contribution in [2.75, 3.05) is 0 Å². The smallest absolute Gasteiger partial charge is 0.311 e. The van der Waals surface area contributed by atoms with Gasteiger partial charge in [-0.1, -0.05) is 5.16 Å². The highest BCUT2D eigenvalue weighted by Gasteiger charge is 2.17. The van der Waals surface area contributed by atoms with Gasteiger partial charge in [-0.2, -0.15) is 4.98 Å². The maximum atomic E-state index is 13.2. The van der Waals surface area contributed by atoms with Crippen LogP contribution in [0.25, 0.3) is 11.4 Å². The minimum absolute atomic E-state index is 0.0351. The lowest BCUT2D eigenvalue weighted by molar-refractivity contribution is -0.386. The second kappa shape index (κ2) is 6.41. The molecule has 0 aliphatic carbocycles. The molecule has 3 aromatic rings. The summed E-state index contributed by atoms with van der Waals surface area (Å²) in [5, 5.41) is 14.6. The zero-order chi connectivity index (χ0) is 17.1. The van der Waals surface area contributed by atoms with Gasteiger partial charge in [-0.3, -0.25) is 10.1 Å². The van der Waals surface area contributed by atoms with Crippen molar-refractivity contribution in [1.82, 2.24) is 10.1 Å². The second-order valence-electron chi connectivity index (χ2n) is 4.68. The Kier molecular flexibility index (Phi) is 4.15. The van der Waals surface area contributed by atoms with Gasteiger partial charge >= 0.3 is 5.69 Å². The number of nitro benzene ring substituents is 1. The monoisotopic (exact) mass is 333 g/mol. The first-order valence-electron chi connectivity index (χ1n) is 6.68. The third kappa shape index (κ3) is 3.35. The number of aromatic nitrogens is 2. The van der Waals surface area contributed by atoms with Crippen LogP contribution in [0.3, 0.4) is 0 Å². The highest BCUT2D eigenvalue weighted by molar-refractivity contribution is 5.53. The van der Waals surface area contributed by atoms with Gasteiger partial charge in [0.1, 0.15) is 11.6 Å². The van der Waals surface area contributed by atoms with E-state index in [2.05, 4.69) is 10.1 Å². The van der Waals surface area contributed by atoms with E-state index < -0.39 is 16.6 Å². The molecule has 24 heavy (non-hydrogen) atoms. The van der Waals surface area contributed by atoms with Crippen LogP contribution in [0.15, 0.2) is 47.0 Å². The Bertz CT molecular complexity index is 881. The Morgan fingerprint density at radius 2 is 1.83 bits per heavy atom. The summed E-state index contributed by atoms with van der Waals surface area (Å²) in [6.45, 7) is -0.279. The fourth-order valence-corrected chi connectivity index (χ4v) is 1.92. The molecule has 0 aliphatic rings. The van der Waals surface area contributed by atoms with E-state index in [1.807, 2.05) is 0 Å². The number of benzene rings is 2. The van der Waals surface area contributed by atoms with Gasteiger partial charge in [0.15, 0.2) is 6.61 Å². The van der Waals surface area contributed by atoms with E-state index in [9.17, 15) is 18.9 Å². The number of halogens is 2. The summed E-state index contributed by atoms with van der Waals surface area (Å²) in [6.07, 6.45) is 0. The maximum absolute atomic E-state index is 13.2. The van der Waals surface area contributed by atoms with Gasteiger partial charge in [-0.05, 0) is 30.3 Å². The average Bonchev–Trinajstić information content (AvgIpc) is 3.02. The van der Waals surface area contributed by atoms with Gasteiger partial charge < -0.3 is 9.26 Å². The van der Waals surface area contributed by atoms with Crippen molar-refractivity contribution >= 4 is 5.69 Å². The van der Waals surface area contributed by atoms with E-state index in [1.54, 1.807) is 0 Å². The second-order valence-corrected chi connectivity index (χ2v) is 4.68. The minimum atomic E-state index is -0.688. The largest absolute Gasteiger partial charge is 0.477 e. The summed E-state index contributed by atoms with van der Waals surface area (Å²) in [5.74, 6) is -1.07. The molecule has 0 aliphatic heterocycles. The summed E-state index contributed by atoms with van der Waals surface area (Å²) in [7, 11) is 0. The predicted octanol–water partition coefficient (Wildman–Crippen LogP) is 3.50. The molecule has 122 valence electrons. The van der Waals surface area contributed by atoms with E-state index in [0.29, 0.717) is 5.56 Å². The summed E-state index contributed by atoms with van der Waals surface area (Å²) in [5.41, 5.74) is 0.151. The molecule has 0 bridgehead atoms. The molecule has 2 aromatic carbocycles. The Balaban J connectivity index is 1.75. The minimum Gasteiger partial charge on any atom is -0.477 e. The van der Waals surface area contributed by atoms with Crippen LogP contribution in [0.2, 0.25) is 0 Å². The number of hydrogen-bond donors (Lipinski definition) is 0. The Morgan fingerprint density at radius 3 is 2.54 bits per heavy atom. The molecule has 0 saturated heterocycles. The molecule has 3 rings (SSSR count). The number of hydrogen-bond acceptors (Lipinski definition) is 6. The molecule has 0 saturated carbocycles. The zero-order valence-electron chi connectivity index (χ0n) is 12.0. The third-order valence-corrected chi connectivity index (χ3v) is 3.04. The summed E-state index contributed by atoms with van der Waals surface area (Å²) in [6, 6.07) is 8.31. The van der Waals surface area contributed by atoms with E-state index in [1.165, 1.54) is 24.3 Å². The first-order chi connectivity index (χ1) is 11.5. The zero-order valence-corrected chi connectivity index (χ0v) is 12.0. The van der Waals surface area contributed by atoms with Crippen LogP contribution in [0, 0.1) is 21.7 Å². The number of ether oxygens (including phenoxy) is 1. The number of nitrogens with zero attached hydrogens (tertiary/aromatic N) is 3. The Labute approximate surface area is 133 Å². The molecule has 0 N–H and O–H groups in total. The van der Waals surface area contributed by atoms with Gasteiger partial charge in [0.2, 0.25) is 11.6 Å². The van der Waals surface area contributed by atoms with E-state index in [-0.39, 0.29) is 29.8 Å². The van der Waals surface area contributed by atoms with Gasteiger partial charge in [-0.25, -0.2) is 8.78 Å². The number of rotatable bonds is 5. The average molecular weight is 333 g/mol. The van der Waals surface area contributed by atoms with Gasteiger partial charge in [0.05, 0.1) is 4.92 Å². The lowest BCUT2D eigenvalue weighted by atomic mass is 10.2. The maximum Gasteiger partial charge on any atom is 0.311 e. The lowest BCUT2D eigenvalue weighted by Gasteiger charge is -2.03. The highest BCUT2D eigenvalue weighted by atomic mass is 19.1. The van der Waals surface area contributed by atoms with Crippen LogP contribution in [-0.2, 0) is 6.61 Å². The Hall–Kier alpha value is -3.36. The first kappa shape index (κ1) is 15.5. The van der Waals surface area contributed by atoms with Gasteiger partial charge in [-0.15, -0.1) is 0 Å². The lowest BCUT2D eigenvalue weighted by Crippen LogP contribution is -2.00. The number of nitro groups is 1. The highest BCUT2D eigenvalue weighted by Crippen LogP contribution is 2.28. The fraction of sp³-hybridized carbons (Fsp3) is 0.0667. The van der Waals surface area contributed by atoms with E-state index >= 15 is 0 Å². The van der Waals surface area contributed by atoms with Crippen LogP contribution < -0.4 is 4.74 Å². The summed E-state index contributed by atoms with van der Waals surface area (Å²) in [4.78, 5) is 14.2. The molecular formula is C15H9F2N3O4. The molecule has 1 aromatic heterocycles. The molecule has 0 fully saturated rings. The van der Waals surface area contributed by atoms with Crippen molar-refractivity contribution in [2.24, 2.45) is 0 Å². The quantitative estimate of drug-likeness (QED) is 0.524. The van der Waals surface area contributed by atoms with Crippen molar-refractivity contribution in [1.29, 1.82) is 0 Å². The summed E-state index contributed by atoms with van der Waals surface area (Å²) < 4.78 is 36.2. The Morgan fingerprint density at radius 1 is 1.12 bits per heavy atom. The molecule has 0 atom stereocenters. The van der Waals surface area contributed by atoms with Crippen LogP contribution >= 0.6 is 0 Å². The van der Waals surface area contributed by atoms with Gasteiger partial charge in [0, 0.05) is 17.7 Å². The van der Waals surface area contributed by atoms with Crippen molar-refractivity contribution < 1.29 is 23.0 Å². The third-order valence-electron chi connectivity index (χ3n) is 3.04. The van der Waals surface area contributed by atoms with Gasteiger partial charge in [0.25, 0.3) is 5.89 Å². The van der Waals surface area contributed by atoms with Crippen molar-refractivity contribution in [3.63, 3.8) is 0 Å². The van der Waals surface area contributed by atoms with Crippen LogP contribution in [0.5, 0.6) is 5.75 Å². The first-order valence-corrected chi connectivity index (χ1v) is 6.68. The predicted molar refractivity (Wildman–Crippen MR) is 77.1 cm³/mol. The molecule has 0 unspecified atom stereocenters. The van der Waals surface area contributed by atoms with Crippen LogP contribution in [-0.4, -0.2) is 15.1 Å². The SMILES string of the molecule is O=[N+]([O-])c1ccc(F)cc1OCc1nc(-c2ccc(F)cc2)no1. The van der Waals surface area contributed by atoms with Crippen molar-refractivity contribution in [2.45, 2.75) is 6.61 Å².